The van der Waals surface area contributed by atoms with Crippen LogP contribution >= 0.6 is 0 Å². The largest absolute Gasteiger partial charge is 0.385 e. The lowest BCUT2D eigenvalue weighted by molar-refractivity contribution is -0.181. The van der Waals surface area contributed by atoms with Crippen molar-refractivity contribution in [3.8, 4) is 0 Å². The zero-order chi connectivity index (χ0) is 14.1. The van der Waals surface area contributed by atoms with Gasteiger partial charge in [0.15, 0.2) is 0 Å². The summed E-state index contributed by atoms with van der Waals surface area (Å²) in [5.74, 6) is 1.45. The number of fused-ring (bicyclic) bond motifs is 1. The third-order valence-corrected chi connectivity index (χ3v) is 5.06. The zero-order valence-electron chi connectivity index (χ0n) is 12.7. The van der Waals surface area contributed by atoms with E-state index >= 15 is 0 Å². The molecule has 2 saturated carbocycles. The standard InChI is InChI=1S/C16H27NO3/c1-11-4-7-14-13(10-11)17(8-3-9-19-2)16(18)15(20-14)12-5-6-12/h11-15H,3-10H2,1-2H3/t11-,13?,14+,15?/m1/s1. The highest BCUT2D eigenvalue weighted by atomic mass is 16.5. The lowest BCUT2D eigenvalue weighted by Crippen LogP contribution is -2.60. The molecule has 1 aliphatic heterocycles. The molecule has 1 amide bonds. The molecule has 3 rings (SSSR count). The third-order valence-electron chi connectivity index (χ3n) is 5.06. The first kappa shape index (κ1) is 14.3. The first-order valence-corrected chi connectivity index (χ1v) is 8.15. The number of carbonyl (C=O) groups excluding carboxylic acids is 1. The van der Waals surface area contributed by atoms with Crippen LogP contribution < -0.4 is 0 Å². The van der Waals surface area contributed by atoms with Crippen molar-refractivity contribution in [3.63, 3.8) is 0 Å². The maximum Gasteiger partial charge on any atom is 0.252 e. The van der Waals surface area contributed by atoms with Gasteiger partial charge in [0, 0.05) is 20.3 Å². The lowest BCUT2D eigenvalue weighted by atomic mass is 9.82. The molecular formula is C16H27NO3. The van der Waals surface area contributed by atoms with E-state index in [0.717, 1.165) is 45.3 Å². The van der Waals surface area contributed by atoms with Crippen LogP contribution in [-0.2, 0) is 14.3 Å². The Kier molecular flexibility index (Phi) is 4.32. The summed E-state index contributed by atoms with van der Waals surface area (Å²) in [4.78, 5) is 14.9. The summed E-state index contributed by atoms with van der Waals surface area (Å²) in [6, 6.07) is 0.304. The molecule has 2 aliphatic carbocycles. The fraction of sp³-hybridized carbons (Fsp3) is 0.938. The normalized spacial score (nSPS) is 37.9. The van der Waals surface area contributed by atoms with Gasteiger partial charge in [-0.25, -0.2) is 0 Å². The number of amides is 1. The molecule has 20 heavy (non-hydrogen) atoms. The molecule has 2 unspecified atom stereocenters. The minimum absolute atomic E-state index is 0.146. The average molecular weight is 281 g/mol. The van der Waals surface area contributed by atoms with Gasteiger partial charge in [-0.15, -0.1) is 0 Å². The SMILES string of the molecule is COCCCN1C(=O)C(C2CC2)O[C@H]2CC[C@@H](C)CC21. The van der Waals surface area contributed by atoms with Gasteiger partial charge in [-0.1, -0.05) is 6.92 Å². The molecule has 4 nitrogen and oxygen atoms in total. The van der Waals surface area contributed by atoms with Crippen molar-refractivity contribution in [2.75, 3.05) is 20.3 Å². The summed E-state index contributed by atoms with van der Waals surface area (Å²) in [5.41, 5.74) is 0. The number of rotatable bonds is 5. The van der Waals surface area contributed by atoms with Crippen molar-refractivity contribution in [3.05, 3.63) is 0 Å². The van der Waals surface area contributed by atoms with Crippen molar-refractivity contribution in [1.29, 1.82) is 0 Å². The molecule has 0 aromatic heterocycles. The average Bonchev–Trinajstić information content (AvgIpc) is 3.26. The number of morpholine rings is 1. The lowest BCUT2D eigenvalue weighted by Gasteiger charge is -2.48. The fourth-order valence-corrected chi connectivity index (χ4v) is 3.75. The molecule has 0 radical (unpaired) electrons. The van der Waals surface area contributed by atoms with Gasteiger partial charge >= 0.3 is 0 Å². The van der Waals surface area contributed by atoms with Gasteiger partial charge in [-0.3, -0.25) is 4.79 Å². The van der Waals surface area contributed by atoms with Crippen LogP contribution in [0.1, 0.15) is 45.4 Å². The summed E-state index contributed by atoms with van der Waals surface area (Å²) in [6.07, 6.45) is 6.83. The van der Waals surface area contributed by atoms with Crippen molar-refractivity contribution in [1.82, 2.24) is 4.90 Å². The molecule has 0 aromatic rings. The zero-order valence-corrected chi connectivity index (χ0v) is 12.7. The molecule has 0 N–H and O–H groups in total. The Bertz CT molecular complexity index is 356. The summed E-state index contributed by atoms with van der Waals surface area (Å²) in [6.45, 7) is 3.85. The number of methoxy groups -OCH3 is 1. The molecule has 1 saturated heterocycles. The van der Waals surface area contributed by atoms with Gasteiger partial charge < -0.3 is 14.4 Å². The third kappa shape index (κ3) is 2.86. The second kappa shape index (κ2) is 6.02. The fourth-order valence-electron chi connectivity index (χ4n) is 3.75. The summed E-state index contributed by atoms with van der Waals surface area (Å²) < 4.78 is 11.3. The molecule has 0 bridgehead atoms. The summed E-state index contributed by atoms with van der Waals surface area (Å²) >= 11 is 0. The molecule has 4 heteroatoms. The van der Waals surface area contributed by atoms with Crippen LogP contribution in [0.2, 0.25) is 0 Å². The van der Waals surface area contributed by atoms with E-state index in [1.807, 2.05) is 0 Å². The maximum atomic E-state index is 12.7. The second-order valence-corrected chi connectivity index (χ2v) is 6.80. The quantitative estimate of drug-likeness (QED) is 0.725. The number of hydrogen-bond acceptors (Lipinski definition) is 3. The van der Waals surface area contributed by atoms with Gasteiger partial charge in [-0.2, -0.15) is 0 Å². The smallest absolute Gasteiger partial charge is 0.252 e. The van der Waals surface area contributed by atoms with Gasteiger partial charge in [-0.05, 0) is 50.4 Å². The molecule has 0 aromatic carbocycles. The Balaban J connectivity index is 1.71. The molecule has 3 aliphatic rings. The van der Waals surface area contributed by atoms with E-state index in [-0.39, 0.29) is 18.1 Å². The van der Waals surface area contributed by atoms with Crippen LogP contribution in [0.4, 0.5) is 0 Å². The van der Waals surface area contributed by atoms with E-state index in [1.165, 1.54) is 6.42 Å². The molecule has 4 atom stereocenters. The van der Waals surface area contributed by atoms with E-state index in [1.54, 1.807) is 7.11 Å². The van der Waals surface area contributed by atoms with Crippen LogP contribution in [0, 0.1) is 11.8 Å². The predicted octanol–water partition coefficient (Wildman–Crippen LogP) is 2.22. The monoisotopic (exact) mass is 281 g/mol. The second-order valence-electron chi connectivity index (χ2n) is 6.80. The highest BCUT2D eigenvalue weighted by Crippen LogP contribution is 2.42. The Morgan fingerprint density at radius 3 is 2.80 bits per heavy atom. The number of ether oxygens (including phenoxy) is 2. The summed E-state index contributed by atoms with van der Waals surface area (Å²) in [5, 5.41) is 0. The Morgan fingerprint density at radius 1 is 1.30 bits per heavy atom. The highest BCUT2D eigenvalue weighted by Gasteiger charge is 2.49. The number of carbonyl (C=O) groups is 1. The minimum atomic E-state index is -0.146. The molecule has 0 spiro atoms. The van der Waals surface area contributed by atoms with E-state index in [2.05, 4.69) is 11.8 Å². The molecule has 3 fully saturated rings. The Morgan fingerprint density at radius 2 is 2.10 bits per heavy atom. The van der Waals surface area contributed by atoms with E-state index in [0.29, 0.717) is 17.9 Å². The van der Waals surface area contributed by atoms with Crippen molar-refractivity contribution >= 4 is 5.91 Å². The van der Waals surface area contributed by atoms with E-state index in [9.17, 15) is 4.79 Å². The molecular weight excluding hydrogens is 254 g/mol. The van der Waals surface area contributed by atoms with Crippen LogP contribution in [-0.4, -0.2) is 49.3 Å². The molecule has 1 heterocycles. The van der Waals surface area contributed by atoms with Gasteiger partial charge in [0.1, 0.15) is 6.10 Å². The van der Waals surface area contributed by atoms with Crippen molar-refractivity contribution < 1.29 is 14.3 Å². The maximum absolute atomic E-state index is 12.7. The first-order valence-electron chi connectivity index (χ1n) is 8.15. The highest BCUT2D eigenvalue weighted by molar-refractivity contribution is 5.82. The van der Waals surface area contributed by atoms with Crippen LogP contribution in [0.15, 0.2) is 0 Å². The van der Waals surface area contributed by atoms with E-state index < -0.39 is 0 Å². The van der Waals surface area contributed by atoms with E-state index in [4.69, 9.17) is 9.47 Å². The van der Waals surface area contributed by atoms with Gasteiger partial charge in [0.2, 0.25) is 0 Å². The first-order chi connectivity index (χ1) is 9.70. The molecule has 114 valence electrons. The minimum Gasteiger partial charge on any atom is -0.385 e. The summed E-state index contributed by atoms with van der Waals surface area (Å²) in [7, 11) is 1.72. The Hall–Kier alpha value is -0.610. The van der Waals surface area contributed by atoms with Gasteiger partial charge in [0.05, 0.1) is 12.1 Å². The van der Waals surface area contributed by atoms with Crippen molar-refractivity contribution in [2.45, 2.75) is 63.7 Å². The van der Waals surface area contributed by atoms with Crippen LogP contribution in [0.5, 0.6) is 0 Å². The predicted molar refractivity (Wildman–Crippen MR) is 76.4 cm³/mol. The van der Waals surface area contributed by atoms with Crippen LogP contribution in [0.25, 0.3) is 0 Å². The number of hydrogen-bond donors (Lipinski definition) is 0. The topological polar surface area (TPSA) is 38.8 Å². The van der Waals surface area contributed by atoms with Gasteiger partial charge in [0.25, 0.3) is 5.91 Å². The van der Waals surface area contributed by atoms with Crippen LogP contribution in [0.3, 0.4) is 0 Å². The Labute approximate surface area is 121 Å². The number of nitrogens with zero attached hydrogens (tertiary/aromatic N) is 1. The van der Waals surface area contributed by atoms with Crippen molar-refractivity contribution in [2.24, 2.45) is 11.8 Å².